The van der Waals surface area contributed by atoms with Gasteiger partial charge in [-0.15, -0.1) is 0 Å². The molecule has 10 nitrogen and oxygen atoms in total. The summed E-state index contributed by atoms with van der Waals surface area (Å²) in [6, 6.07) is 15.0. The number of hydrogen-bond donors (Lipinski definition) is 2. The molecule has 2 aromatic carbocycles. The largest absolute Gasteiger partial charge is 0.340 e. The first-order valence-corrected chi connectivity index (χ1v) is 12.1. The summed E-state index contributed by atoms with van der Waals surface area (Å²) < 4.78 is 1.55. The van der Waals surface area contributed by atoms with E-state index in [0.29, 0.717) is 39.1 Å². The Morgan fingerprint density at radius 1 is 1.05 bits per heavy atom. The zero-order valence-electron chi connectivity index (χ0n) is 19.6. The van der Waals surface area contributed by atoms with Gasteiger partial charge in [0.15, 0.2) is 11.5 Å². The highest BCUT2D eigenvalue weighted by Gasteiger charge is 2.58. The van der Waals surface area contributed by atoms with Crippen LogP contribution in [-0.2, 0) is 21.5 Å². The molecule has 5 aromatic rings. The Labute approximate surface area is 215 Å². The quantitative estimate of drug-likeness (QED) is 0.382. The molecule has 1 atom stereocenters. The lowest BCUT2D eigenvalue weighted by Crippen LogP contribution is -2.46. The fraction of sp³-hybridized carbons (Fsp3) is 0.154. The van der Waals surface area contributed by atoms with E-state index in [1.165, 1.54) is 12.7 Å². The predicted molar refractivity (Wildman–Crippen MR) is 137 cm³/mol. The van der Waals surface area contributed by atoms with Crippen molar-refractivity contribution in [3.8, 4) is 5.82 Å². The van der Waals surface area contributed by atoms with Crippen LogP contribution in [0.2, 0.25) is 5.02 Å². The van der Waals surface area contributed by atoms with Crippen molar-refractivity contribution in [1.29, 1.82) is 0 Å². The van der Waals surface area contributed by atoms with Gasteiger partial charge in [-0.25, -0.2) is 15.0 Å². The first-order chi connectivity index (χ1) is 18.0. The molecule has 2 amide bonds. The van der Waals surface area contributed by atoms with Crippen LogP contribution in [0, 0.1) is 6.92 Å². The fourth-order valence-electron chi connectivity index (χ4n) is 5.62. The van der Waals surface area contributed by atoms with Gasteiger partial charge in [0, 0.05) is 22.7 Å². The summed E-state index contributed by atoms with van der Waals surface area (Å²) in [5.74, 6) is 0.356. The van der Waals surface area contributed by atoms with E-state index in [9.17, 15) is 9.59 Å². The minimum Gasteiger partial charge on any atom is -0.340 e. The van der Waals surface area contributed by atoms with Crippen LogP contribution in [0.5, 0.6) is 0 Å². The number of aryl methyl sites for hydroxylation is 1. The second-order valence-corrected chi connectivity index (χ2v) is 9.56. The third-order valence-corrected chi connectivity index (χ3v) is 7.49. The number of nitrogens with one attached hydrogen (secondary N) is 2. The van der Waals surface area contributed by atoms with Gasteiger partial charge < -0.3 is 15.2 Å². The molecule has 0 saturated heterocycles. The summed E-state index contributed by atoms with van der Waals surface area (Å²) in [6.07, 6.45) is 2.88. The highest BCUT2D eigenvalue weighted by atomic mass is 35.5. The van der Waals surface area contributed by atoms with Gasteiger partial charge >= 0.3 is 0 Å². The second kappa shape index (κ2) is 7.71. The van der Waals surface area contributed by atoms with E-state index in [1.54, 1.807) is 15.6 Å². The van der Waals surface area contributed by atoms with Gasteiger partial charge in [-0.05, 0) is 30.2 Å². The van der Waals surface area contributed by atoms with Crippen LogP contribution in [0.1, 0.15) is 28.8 Å². The Hall–Kier alpha value is -4.57. The molecule has 11 heteroatoms. The normalized spacial score (nSPS) is 18.4. The maximum absolute atomic E-state index is 14.5. The molecule has 2 aliphatic heterocycles. The van der Waals surface area contributed by atoms with Crippen molar-refractivity contribution in [3.63, 3.8) is 0 Å². The van der Waals surface area contributed by atoms with Crippen LogP contribution >= 0.6 is 11.6 Å². The van der Waals surface area contributed by atoms with E-state index in [1.807, 2.05) is 49.4 Å². The summed E-state index contributed by atoms with van der Waals surface area (Å²) in [5.41, 5.74) is 3.40. The van der Waals surface area contributed by atoms with Crippen LogP contribution in [0.15, 0.2) is 61.2 Å². The third kappa shape index (κ3) is 2.93. The number of rotatable bonds is 3. The standard InChI is InChI=1S/C26H19ClN8O2/c1-14-20-23(35(33-14)24-21-22(29-12-28-21)30-13-31-24)32-19(36)10-26(20)16-7-3-5-9-18(16)34(25(26)37)11-15-6-2-4-8-17(15)27/h2-9,12-13H,10-11H2,1H3,(H,32,36)(H,28,29,30,31)/t26-/m0/s1. The van der Waals surface area contributed by atoms with Gasteiger partial charge in [-0.2, -0.15) is 9.78 Å². The number of aromatic amines is 1. The summed E-state index contributed by atoms with van der Waals surface area (Å²) in [7, 11) is 0. The minimum absolute atomic E-state index is 0.0371. The number of carbonyl (C=O) groups excluding carboxylic acids is 2. The molecule has 0 unspecified atom stereocenters. The smallest absolute Gasteiger partial charge is 0.243 e. The molecular formula is C26H19ClN8O2. The molecule has 2 N–H and O–H groups in total. The van der Waals surface area contributed by atoms with Crippen LogP contribution in [0.3, 0.4) is 0 Å². The van der Waals surface area contributed by atoms with Crippen molar-refractivity contribution in [2.45, 2.75) is 25.3 Å². The zero-order chi connectivity index (χ0) is 25.3. The van der Waals surface area contributed by atoms with Crippen molar-refractivity contribution in [1.82, 2.24) is 29.7 Å². The first-order valence-electron chi connectivity index (χ1n) is 11.7. The molecule has 0 saturated carbocycles. The van der Waals surface area contributed by atoms with Gasteiger partial charge in [0.25, 0.3) is 0 Å². The number of anilines is 2. The van der Waals surface area contributed by atoms with Crippen molar-refractivity contribution in [3.05, 3.63) is 88.6 Å². The Morgan fingerprint density at radius 2 is 1.86 bits per heavy atom. The molecule has 3 aromatic heterocycles. The molecule has 7 rings (SSSR count). The molecule has 0 aliphatic carbocycles. The molecule has 5 heterocycles. The number of aromatic nitrogens is 6. The highest BCUT2D eigenvalue weighted by Crippen LogP contribution is 2.53. The molecule has 0 bridgehead atoms. The van der Waals surface area contributed by atoms with Crippen LogP contribution in [-0.4, -0.2) is 41.5 Å². The number of carbonyl (C=O) groups is 2. The van der Waals surface area contributed by atoms with Gasteiger partial charge in [0.1, 0.15) is 23.1 Å². The lowest BCUT2D eigenvalue weighted by atomic mass is 9.70. The summed E-state index contributed by atoms with van der Waals surface area (Å²) in [6.45, 7) is 2.12. The number of para-hydroxylation sites is 1. The van der Waals surface area contributed by atoms with Crippen LogP contribution in [0.25, 0.3) is 17.0 Å². The number of benzene rings is 2. The monoisotopic (exact) mass is 510 g/mol. The lowest BCUT2D eigenvalue weighted by Gasteiger charge is -2.33. The van der Waals surface area contributed by atoms with Gasteiger partial charge in [0.2, 0.25) is 11.8 Å². The van der Waals surface area contributed by atoms with E-state index in [2.05, 4.69) is 25.3 Å². The maximum Gasteiger partial charge on any atom is 0.243 e. The molecule has 182 valence electrons. The maximum atomic E-state index is 14.5. The average Bonchev–Trinajstić information content (AvgIpc) is 3.57. The van der Waals surface area contributed by atoms with Gasteiger partial charge in [-0.3, -0.25) is 9.59 Å². The number of fused-ring (bicyclic) bond motifs is 5. The Bertz CT molecular complexity index is 1760. The van der Waals surface area contributed by atoms with Crippen molar-refractivity contribution in [2.24, 2.45) is 0 Å². The summed E-state index contributed by atoms with van der Waals surface area (Å²) in [4.78, 5) is 45.3. The Balaban J connectivity index is 1.46. The molecule has 0 fully saturated rings. The van der Waals surface area contributed by atoms with E-state index in [4.69, 9.17) is 16.7 Å². The minimum atomic E-state index is -1.24. The summed E-state index contributed by atoms with van der Waals surface area (Å²) in [5, 5.41) is 8.28. The molecule has 0 radical (unpaired) electrons. The highest BCUT2D eigenvalue weighted by molar-refractivity contribution is 6.31. The van der Waals surface area contributed by atoms with Crippen molar-refractivity contribution < 1.29 is 9.59 Å². The molecule has 37 heavy (non-hydrogen) atoms. The Morgan fingerprint density at radius 3 is 2.73 bits per heavy atom. The number of amides is 2. The van der Waals surface area contributed by atoms with Gasteiger partial charge in [-0.1, -0.05) is 48.0 Å². The molecular weight excluding hydrogens is 492 g/mol. The molecule has 1 spiro atoms. The number of imidazole rings is 1. The number of nitrogens with zero attached hydrogens (tertiary/aromatic N) is 6. The molecule has 2 aliphatic rings. The van der Waals surface area contributed by atoms with Gasteiger partial charge in [0.05, 0.1) is 18.6 Å². The average molecular weight is 511 g/mol. The van der Waals surface area contributed by atoms with E-state index in [0.717, 1.165) is 16.8 Å². The fourth-order valence-corrected chi connectivity index (χ4v) is 5.81. The number of halogens is 1. The van der Waals surface area contributed by atoms with E-state index >= 15 is 0 Å². The second-order valence-electron chi connectivity index (χ2n) is 9.15. The lowest BCUT2D eigenvalue weighted by molar-refractivity contribution is -0.126. The summed E-state index contributed by atoms with van der Waals surface area (Å²) >= 11 is 6.46. The topological polar surface area (TPSA) is 122 Å². The number of hydrogen-bond acceptors (Lipinski definition) is 6. The SMILES string of the molecule is Cc1nn(-c2ncnc3nc[nH]c23)c2c1[C@@]1(CC(=O)N2)C(=O)N(Cc2ccccc2Cl)c2ccccc21. The third-order valence-electron chi connectivity index (χ3n) is 7.13. The van der Waals surface area contributed by atoms with Crippen LogP contribution in [0.4, 0.5) is 11.5 Å². The van der Waals surface area contributed by atoms with E-state index in [-0.39, 0.29) is 24.8 Å². The van der Waals surface area contributed by atoms with Crippen LogP contribution < -0.4 is 10.2 Å². The van der Waals surface area contributed by atoms with Crippen molar-refractivity contribution >= 4 is 46.1 Å². The predicted octanol–water partition coefficient (Wildman–Crippen LogP) is 3.68. The zero-order valence-corrected chi connectivity index (χ0v) is 20.3. The first kappa shape index (κ1) is 21.7. The Kier molecular flexibility index (Phi) is 4.52. The van der Waals surface area contributed by atoms with Crippen molar-refractivity contribution in [2.75, 3.05) is 10.2 Å². The van der Waals surface area contributed by atoms with E-state index < -0.39 is 5.41 Å². The number of H-pyrrole nitrogens is 1.